The molecule has 0 atom stereocenters. The first-order valence-corrected chi connectivity index (χ1v) is 5.54. The number of hydrogen-bond donors (Lipinski definition) is 0. The van der Waals surface area contributed by atoms with Gasteiger partial charge in [0.2, 0.25) is 0 Å². The number of Topliss-reactive ketones (excluding diaryl/α,β-unsaturated/α-hetero) is 1. The predicted molar refractivity (Wildman–Crippen MR) is 63.3 cm³/mol. The Bertz CT molecular complexity index is 432. The maximum Gasteiger partial charge on any atom is 0.163 e. The van der Waals surface area contributed by atoms with Gasteiger partial charge < -0.3 is 0 Å². The van der Waals surface area contributed by atoms with Crippen molar-refractivity contribution in [2.24, 2.45) is 0 Å². The highest BCUT2D eigenvalue weighted by Gasteiger charge is 2.13. The van der Waals surface area contributed by atoms with Crippen LogP contribution < -0.4 is 0 Å². The Kier molecular flexibility index (Phi) is 2.92. The second kappa shape index (κ2) is 4.19. The molecule has 0 aromatic heterocycles. The average molecular weight is 221 g/mol. The molecular formula is C13H13ClO. The Morgan fingerprint density at radius 1 is 1.27 bits per heavy atom. The van der Waals surface area contributed by atoms with Gasteiger partial charge in [0, 0.05) is 17.0 Å². The minimum Gasteiger partial charge on any atom is -0.294 e. The molecule has 2 heteroatoms. The van der Waals surface area contributed by atoms with Gasteiger partial charge in [-0.05, 0) is 37.5 Å². The number of fused-ring (bicyclic) bond motifs is 1. The van der Waals surface area contributed by atoms with E-state index < -0.39 is 0 Å². The van der Waals surface area contributed by atoms with Crippen molar-refractivity contribution in [2.75, 3.05) is 0 Å². The van der Waals surface area contributed by atoms with Crippen molar-refractivity contribution in [1.82, 2.24) is 0 Å². The summed E-state index contributed by atoms with van der Waals surface area (Å²) in [5, 5.41) is 0.633. The molecule has 1 aliphatic carbocycles. The lowest BCUT2D eigenvalue weighted by Crippen LogP contribution is -2.04. The quantitative estimate of drug-likeness (QED) is 0.643. The van der Waals surface area contributed by atoms with Crippen LogP contribution in [-0.4, -0.2) is 5.78 Å². The Labute approximate surface area is 94.8 Å². The van der Waals surface area contributed by atoms with Crippen LogP contribution in [0.25, 0.3) is 6.08 Å². The van der Waals surface area contributed by atoms with E-state index in [0.717, 1.165) is 24.0 Å². The summed E-state index contributed by atoms with van der Waals surface area (Å²) in [5.41, 5.74) is 3.09. The van der Waals surface area contributed by atoms with Crippen LogP contribution in [0.5, 0.6) is 0 Å². The van der Waals surface area contributed by atoms with Crippen LogP contribution in [0, 0.1) is 0 Å². The standard InChI is InChI=1S/C13H13ClO/c1-9-3-2-4-13(15)12-8-11(14)6-5-10(12)7-9/h5-8H,2-4H2,1H3. The van der Waals surface area contributed by atoms with Gasteiger partial charge in [-0.15, -0.1) is 0 Å². The van der Waals surface area contributed by atoms with E-state index in [-0.39, 0.29) is 5.78 Å². The fourth-order valence-electron chi connectivity index (χ4n) is 1.90. The van der Waals surface area contributed by atoms with Crippen LogP contribution >= 0.6 is 11.6 Å². The number of benzene rings is 1. The molecule has 0 saturated heterocycles. The third-order valence-electron chi connectivity index (χ3n) is 2.69. The Morgan fingerprint density at radius 3 is 2.87 bits per heavy atom. The summed E-state index contributed by atoms with van der Waals surface area (Å²) in [6, 6.07) is 5.53. The lowest BCUT2D eigenvalue weighted by atomic mass is 9.94. The van der Waals surface area contributed by atoms with Gasteiger partial charge >= 0.3 is 0 Å². The molecule has 0 saturated carbocycles. The SMILES string of the molecule is CC1=Cc2ccc(Cl)cc2C(=O)CCC1. The first-order valence-electron chi connectivity index (χ1n) is 5.17. The molecule has 1 nitrogen and oxygen atoms in total. The normalized spacial score (nSPS) is 16.4. The van der Waals surface area contributed by atoms with Crippen molar-refractivity contribution in [3.05, 3.63) is 39.9 Å². The fourth-order valence-corrected chi connectivity index (χ4v) is 2.07. The number of halogens is 1. The molecule has 1 aromatic rings. The maximum atomic E-state index is 11.8. The summed E-state index contributed by atoms with van der Waals surface area (Å²) in [4.78, 5) is 11.8. The highest BCUT2D eigenvalue weighted by Crippen LogP contribution is 2.24. The summed E-state index contributed by atoms with van der Waals surface area (Å²) in [6.07, 6.45) is 4.65. The molecule has 0 unspecified atom stereocenters. The summed E-state index contributed by atoms with van der Waals surface area (Å²) < 4.78 is 0. The average Bonchev–Trinajstić information content (AvgIpc) is 2.18. The second-order valence-electron chi connectivity index (χ2n) is 4.00. The number of rotatable bonds is 0. The summed E-state index contributed by atoms with van der Waals surface area (Å²) >= 11 is 5.90. The monoisotopic (exact) mass is 220 g/mol. The lowest BCUT2D eigenvalue weighted by Gasteiger charge is -2.11. The number of allylic oxidation sites excluding steroid dienone is 1. The van der Waals surface area contributed by atoms with Gasteiger partial charge in [-0.1, -0.05) is 29.3 Å². The zero-order chi connectivity index (χ0) is 10.8. The van der Waals surface area contributed by atoms with Crippen molar-refractivity contribution in [2.45, 2.75) is 26.2 Å². The van der Waals surface area contributed by atoms with E-state index in [0.29, 0.717) is 11.4 Å². The van der Waals surface area contributed by atoms with Gasteiger partial charge in [0.1, 0.15) is 0 Å². The minimum atomic E-state index is 0.205. The van der Waals surface area contributed by atoms with Crippen LogP contribution in [0.1, 0.15) is 42.1 Å². The van der Waals surface area contributed by atoms with E-state index in [1.54, 1.807) is 6.07 Å². The molecule has 0 radical (unpaired) electrons. The van der Waals surface area contributed by atoms with Crippen molar-refractivity contribution >= 4 is 23.5 Å². The Balaban J connectivity index is 2.56. The van der Waals surface area contributed by atoms with E-state index in [1.807, 2.05) is 12.1 Å². The van der Waals surface area contributed by atoms with Crippen molar-refractivity contribution in [3.63, 3.8) is 0 Å². The van der Waals surface area contributed by atoms with Crippen LogP contribution in [0.15, 0.2) is 23.8 Å². The molecule has 0 aliphatic heterocycles. The smallest absolute Gasteiger partial charge is 0.163 e. The second-order valence-corrected chi connectivity index (χ2v) is 4.44. The Hall–Kier alpha value is -1.08. The van der Waals surface area contributed by atoms with E-state index in [2.05, 4.69) is 13.0 Å². The summed E-state index contributed by atoms with van der Waals surface area (Å²) in [5.74, 6) is 0.205. The van der Waals surface area contributed by atoms with E-state index >= 15 is 0 Å². The third kappa shape index (κ3) is 2.29. The van der Waals surface area contributed by atoms with Crippen LogP contribution in [0.3, 0.4) is 0 Å². The zero-order valence-corrected chi connectivity index (χ0v) is 9.47. The largest absolute Gasteiger partial charge is 0.294 e. The minimum absolute atomic E-state index is 0.205. The van der Waals surface area contributed by atoms with Gasteiger partial charge in [0.15, 0.2) is 5.78 Å². The predicted octanol–water partition coefficient (Wildman–Crippen LogP) is 4.11. The van der Waals surface area contributed by atoms with Crippen molar-refractivity contribution < 1.29 is 4.79 Å². The number of ketones is 1. The number of carbonyl (C=O) groups is 1. The van der Waals surface area contributed by atoms with Gasteiger partial charge in [-0.3, -0.25) is 4.79 Å². The molecule has 0 bridgehead atoms. The first kappa shape index (κ1) is 10.4. The third-order valence-corrected chi connectivity index (χ3v) is 2.93. The fraction of sp³-hybridized carbons (Fsp3) is 0.308. The highest BCUT2D eigenvalue weighted by molar-refractivity contribution is 6.31. The molecule has 0 N–H and O–H groups in total. The van der Waals surface area contributed by atoms with E-state index in [4.69, 9.17) is 11.6 Å². The summed E-state index contributed by atoms with van der Waals surface area (Å²) in [7, 11) is 0. The molecule has 78 valence electrons. The van der Waals surface area contributed by atoms with Gasteiger partial charge in [-0.2, -0.15) is 0 Å². The zero-order valence-electron chi connectivity index (χ0n) is 8.72. The molecule has 1 aliphatic rings. The molecule has 0 spiro atoms. The molecule has 1 aromatic carbocycles. The lowest BCUT2D eigenvalue weighted by molar-refractivity contribution is 0.0979. The highest BCUT2D eigenvalue weighted by atomic mass is 35.5. The van der Waals surface area contributed by atoms with Crippen LogP contribution in [0.2, 0.25) is 5.02 Å². The van der Waals surface area contributed by atoms with Crippen molar-refractivity contribution in [3.8, 4) is 0 Å². The Morgan fingerprint density at radius 2 is 2.07 bits per heavy atom. The topological polar surface area (TPSA) is 17.1 Å². The molecule has 2 rings (SSSR count). The molecule has 0 amide bonds. The van der Waals surface area contributed by atoms with Gasteiger partial charge in [0.25, 0.3) is 0 Å². The van der Waals surface area contributed by atoms with E-state index in [1.165, 1.54) is 5.57 Å². The number of hydrogen-bond acceptors (Lipinski definition) is 1. The molecule has 0 heterocycles. The van der Waals surface area contributed by atoms with Gasteiger partial charge in [-0.25, -0.2) is 0 Å². The van der Waals surface area contributed by atoms with Crippen LogP contribution in [-0.2, 0) is 0 Å². The first-order chi connectivity index (χ1) is 7.16. The van der Waals surface area contributed by atoms with E-state index in [9.17, 15) is 4.79 Å². The maximum absolute atomic E-state index is 11.8. The molecule has 0 fully saturated rings. The number of carbonyl (C=O) groups excluding carboxylic acids is 1. The molecule has 15 heavy (non-hydrogen) atoms. The van der Waals surface area contributed by atoms with Gasteiger partial charge in [0.05, 0.1) is 0 Å². The molecular weight excluding hydrogens is 208 g/mol. The summed E-state index contributed by atoms with van der Waals surface area (Å²) in [6.45, 7) is 2.11. The van der Waals surface area contributed by atoms with Crippen molar-refractivity contribution in [1.29, 1.82) is 0 Å². The van der Waals surface area contributed by atoms with Crippen LogP contribution in [0.4, 0.5) is 0 Å².